The molecule has 0 radical (unpaired) electrons. The molecule has 0 aromatic heterocycles. The van der Waals surface area contributed by atoms with Crippen LogP contribution in [0.2, 0.25) is 0 Å². The molecule has 0 aromatic rings. The molecular formula is C10H22O2S5. The topological polar surface area (TPSA) is 40.5 Å². The van der Waals surface area contributed by atoms with Gasteiger partial charge in [-0.25, -0.2) is 0 Å². The van der Waals surface area contributed by atoms with Crippen LogP contribution in [-0.2, 0) is 0 Å². The second-order valence-electron chi connectivity index (χ2n) is 3.39. The number of aliphatic hydroxyl groups excluding tert-OH is 2. The first-order valence-electron chi connectivity index (χ1n) is 5.52. The first-order chi connectivity index (χ1) is 8.24. The molecule has 0 rings (SSSR count). The van der Waals surface area contributed by atoms with Crippen molar-refractivity contribution in [3.05, 3.63) is 0 Å². The minimum Gasteiger partial charge on any atom is -0.396 e. The summed E-state index contributed by atoms with van der Waals surface area (Å²) in [6, 6.07) is 0. The summed E-state index contributed by atoms with van der Waals surface area (Å²) in [5.74, 6) is 5.63. The van der Waals surface area contributed by atoms with E-state index in [0.717, 1.165) is 34.5 Å². The fourth-order valence-electron chi connectivity index (χ4n) is 1.01. The van der Waals surface area contributed by atoms with Crippen molar-refractivity contribution in [3.63, 3.8) is 0 Å². The van der Waals surface area contributed by atoms with E-state index in [9.17, 15) is 5.11 Å². The Bertz CT molecular complexity index is 162. The van der Waals surface area contributed by atoms with E-state index in [0.29, 0.717) is 5.25 Å². The lowest BCUT2D eigenvalue weighted by atomic mass is 10.5. The quantitative estimate of drug-likeness (QED) is 0.323. The third-order valence-corrected chi connectivity index (χ3v) is 7.03. The van der Waals surface area contributed by atoms with E-state index in [1.54, 1.807) is 23.5 Å². The molecule has 0 spiro atoms. The molecule has 17 heavy (non-hydrogen) atoms. The van der Waals surface area contributed by atoms with Crippen molar-refractivity contribution in [2.24, 2.45) is 0 Å². The van der Waals surface area contributed by atoms with Crippen LogP contribution in [0.15, 0.2) is 0 Å². The van der Waals surface area contributed by atoms with Gasteiger partial charge >= 0.3 is 0 Å². The Kier molecular flexibility index (Phi) is 15.5. The number of thioether (sulfide) groups is 3. The van der Waals surface area contributed by atoms with Crippen molar-refractivity contribution in [1.82, 2.24) is 0 Å². The predicted molar refractivity (Wildman–Crippen MR) is 91.7 cm³/mol. The summed E-state index contributed by atoms with van der Waals surface area (Å²) in [7, 11) is 0. The zero-order valence-electron chi connectivity index (χ0n) is 9.83. The summed E-state index contributed by atoms with van der Waals surface area (Å²) < 4.78 is 0. The van der Waals surface area contributed by atoms with Crippen LogP contribution in [-0.4, -0.2) is 68.4 Å². The van der Waals surface area contributed by atoms with Crippen LogP contribution in [0.1, 0.15) is 0 Å². The Morgan fingerprint density at radius 2 is 1.71 bits per heavy atom. The molecule has 2 nitrogen and oxygen atoms in total. The van der Waals surface area contributed by atoms with Gasteiger partial charge in [-0.05, 0) is 5.75 Å². The third-order valence-electron chi connectivity index (χ3n) is 1.81. The highest BCUT2D eigenvalue weighted by molar-refractivity contribution is 8.04. The molecule has 2 N–H and O–H groups in total. The Balaban J connectivity index is 3.52. The van der Waals surface area contributed by atoms with Gasteiger partial charge in [-0.15, -0.1) is 0 Å². The van der Waals surface area contributed by atoms with E-state index in [1.807, 2.05) is 11.8 Å². The molecule has 0 amide bonds. The molecule has 0 heterocycles. The van der Waals surface area contributed by atoms with E-state index < -0.39 is 0 Å². The lowest BCUT2D eigenvalue weighted by Crippen LogP contribution is -2.17. The Morgan fingerprint density at radius 3 is 2.29 bits per heavy atom. The van der Waals surface area contributed by atoms with E-state index >= 15 is 0 Å². The summed E-state index contributed by atoms with van der Waals surface area (Å²) in [6.45, 7) is 0.413. The molecule has 0 bridgehead atoms. The fraction of sp³-hybridized carbons (Fsp3) is 1.00. The second-order valence-corrected chi connectivity index (χ2v) is 8.20. The SMILES string of the molecule is OCCSCC(CO)SCC(S)CSCCS. The standard InChI is InChI=1S/C10H22O2S5/c11-1-3-15-8-10(5-12)17-7-9(14)6-16-4-2-13/h9-14H,1-8H2. The van der Waals surface area contributed by atoms with Crippen LogP contribution >= 0.6 is 60.5 Å². The summed E-state index contributed by atoms with van der Waals surface area (Å²) >= 11 is 14.0. The predicted octanol–water partition coefficient (Wildman–Crippen LogP) is 1.77. The van der Waals surface area contributed by atoms with Gasteiger partial charge in [0.15, 0.2) is 0 Å². The van der Waals surface area contributed by atoms with Gasteiger partial charge in [-0.1, -0.05) is 0 Å². The molecule has 104 valence electrons. The number of thiol groups is 2. The van der Waals surface area contributed by atoms with E-state index in [2.05, 4.69) is 25.3 Å². The van der Waals surface area contributed by atoms with Crippen molar-refractivity contribution in [2.45, 2.75) is 10.5 Å². The van der Waals surface area contributed by atoms with Crippen molar-refractivity contribution < 1.29 is 10.2 Å². The molecule has 0 aliphatic rings. The second kappa shape index (κ2) is 14.1. The zero-order valence-corrected chi connectivity index (χ0v) is 14.1. The number of hydrogen-bond donors (Lipinski definition) is 4. The zero-order chi connectivity index (χ0) is 12.9. The molecule has 2 atom stereocenters. The number of aliphatic hydroxyl groups is 2. The molecule has 0 aliphatic carbocycles. The maximum absolute atomic E-state index is 9.22. The molecular weight excluding hydrogens is 312 g/mol. The summed E-state index contributed by atoms with van der Waals surface area (Å²) in [6.07, 6.45) is 0. The first kappa shape index (κ1) is 18.7. The Labute approximate surface area is 128 Å². The monoisotopic (exact) mass is 334 g/mol. The summed E-state index contributed by atoms with van der Waals surface area (Å²) in [5.41, 5.74) is 0. The third kappa shape index (κ3) is 12.4. The number of hydrogen-bond acceptors (Lipinski definition) is 7. The maximum atomic E-state index is 9.22. The lowest BCUT2D eigenvalue weighted by molar-refractivity contribution is 0.301. The number of rotatable bonds is 12. The van der Waals surface area contributed by atoms with Gasteiger partial charge < -0.3 is 10.2 Å². The highest BCUT2D eigenvalue weighted by Gasteiger charge is 2.11. The van der Waals surface area contributed by atoms with Crippen molar-refractivity contribution in [1.29, 1.82) is 0 Å². The van der Waals surface area contributed by atoms with Gasteiger partial charge in [0.1, 0.15) is 0 Å². The molecule has 0 aliphatic heterocycles. The van der Waals surface area contributed by atoms with Gasteiger partial charge in [0.2, 0.25) is 0 Å². The van der Waals surface area contributed by atoms with Crippen LogP contribution in [0.5, 0.6) is 0 Å². The van der Waals surface area contributed by atoms with Gasteiger partial charge in [0, 0.05) is 39.3 Å². The van der Waals surface area contributed by atoms with Gasteiger partial charge in [-0.3, -0.25) is 0 Å². The van der Waals surface area contributed by atoms with Crippen molar-refractivity contribution in [2.75, 3.05) is 47.7 Å². The van der Waals surface area contributed by atoms with Crippen molar-refractivity contribution in [3.8, 4) is 0 Å². The molecule has 0 saturated heterocycles. The van der Waals surface area contributed by atoms with Gasteiger partial charge in [-0.2, -0.15) is 60.5 Å². The normalized spacial score (nSPS) is 14.8. The van der Waals surface area contributed by atoms with Crippen LogP contribution in [0.4, 0.5) is 0 Å². The first-order valence-corrected chi connectivity index (χ1v) is 10.0. The highest BCUT2D eigenvalue weighted by atomic mass is 32.2. The largest absolute Gasteiger partial charge is 0.396 e. The van der Waals surface area contributed by atoms with Crippen LogP contribution in [0, 0.1) is 0 Å². The van der Waals surface area contributed by atoms with E-state index in [-0.39, 0.29) is 18.5 Å². The van der Waals surface area contributed by atoms with Crippen LogP contribution in [0.25, 0.3) is 0 Å². The Hall–Kier alpha value is 1.67. The average Bonchev–Trinajstić information content (AvgIpc) is 2.34. The Morgan fingerprint density at radius 1 is 1.00 bits per heavy atom. The smallest absolute Gasteiger partial charge is 0.0558 e. The van der Waals surface area contributed by atoms with Crippen molar-refractivity contribution >= 4 is 60.5 Å². The summed E-state index contributed by atoms with van der Waals surface area (Å²) in [4.78, 5) is 0. The summed E-state index contributed by atoms with van der Waals surface area (Å²) in [5, 5.41) is 18.5. The average molecular weight is 335 g/mol. The highest BCUT2D eigenvalue weighted by Crippen LogP contribution is 2.20. The lowest BCUT2D eigenvalue weighted by Gasteiger charge is -2.16. The van der Waals surface area contributed by atoms with Crippen LogP contribution in [0.3, 0.4) is 0 Å². The molecule has 0 fully saturated rings. The fourth-order valence-corrected chi connectivity index (χ4v) is 4.86. The molecule has 7 heteroatoms. The van der Waals surface area contributed by atoms with Crippen LogP contribution < -0.4 is 0 Å². The maximum Gasteiger partial charge on any atom is 0.0558 e. The molecule has 2 unspecified atom stereocenters. The van der Waals surface area contributed by atoms with Gasteiger partial charge in [0.25, 0.3) is 0 Å². The van der Waals surface area contributed by atoms with E-state index in [1.165, 1.54) is 0 Å². The minimum atomic E-state index is 0.202. The van der Waals surface area contributed by atoms with E-state index in [4.69, 9.17) is 5.11 Å². The molecule has 0 saturated carbocycles. The minimum absolute atomic E-state index is 0.202. The van der Waals surface area contributed by atoms with Gasteiger partial charge in [0.05, 0.1) is 13.2 Å². The molecule has 0 aromatic carbocycles.